The second kappa shape index (κ2) is 5.47. The highest BCUT2D eigenvalue weighted by Gasteiger charge is 2.34. The zero-order valence-corrected chi connectivity index (χ0v) is 13.1. The molecule has 4 heteroatoms. The van der Waals surface area contributed by atoms with Crippen molar-refractivity contribution in [1.82, 2.24) is 0 Å². The molecule has 0 aromatic heterocycles. The fourth-order valence-electron chi connectivity index (χ4n) is 3.14. The van der Waals surface area contributed by atoms with Gasteiger partial charge in [-0.05, 0) is 29.0 Å². The number of carbonyl (C=O) groups excluding carboxylic acids is 1. The number of non-ortho nitro benzene ring substituents is 1. The van der Waals surface area contributed by atoms with E-state index in [-0.39, 0.29) is 16.9 Å². The van der Waals surface area contributed by atoms with E-state index < -0.39 is 4.92 Å². The van der Waals surface area contributed by atoms with Crippen LogP contribution in [0.5, 0.6) is 0 Å². The monoisotopic (exact) mass is 307 g/mol. The first-order chi connectivity index (χ1) is 10.9. The van der Waals surface area contributed by atoms with Crippen LogP contribution in [0, 0.1) is 10.1 Å². The van der Waals surface area contributed by atoms with Crippen molar-refractivity contribution in [2.75, 3.05) is 0 Å². The minimum atomic E-state index is -0.427. The molecule has 1 aliphatic rings. The van der Waals surface area contributed by atoms with Crippen LogP contribution in [0.4, 0.5) is 5.69 Å². The van der Waals surface area contributed by atoms with Crippen LogP contribution in [0.15, 0.2) is 54.1 Å². The van der Waals surface area contributed by atoms with Crippen molar-refractivity contribution in [2.24, 2.45) is 0 Å². The highest BCUT2D eigenvalue weighted by molar-refractivity contribution is 6.13. The molecule has 1 aliphatic carbocycles. The molecule has 0 saturated carbocycles. The van der Waals surface area contributed by atoms with E-state index >= 15 is 0 Å². The Bertz CT molecular complexity index is 834. The molecule has 0 fully saturated rings. The molecule has 0 atom stereocenters. The first kappa shape index (κ1) is 15.2. The van der Waals surface area contributed by atoms with Crippen LogP contribution in [0.3, 0.4) is 0 Å². The van der Waals surface area contributed by atoms with Crippen LogP contribution < -0.4 is 0 Å². The van der Waals surface area contributed by atoms with E-state index in [4.69, 9.17) is 0 Å². The van der Waals surface area contributed by atoms with Crippen molar-refractivity contribution in [1.29, 1.82) is 0 Å². The summed E-state index contributed by atoms with van der Waals surface area (Å²) in [7, 11) is 0. The summed E-state index contributed by atoms with van der Waals surface area (Å²) < 4.78 is 0. The van der Waals surface area contributed by atoms with Crippen LogP contribution in [0.25, 0.3) is 6.08 Å². The SMILES string of the molecule is CC1(C)C/C(=C/c2cccc([N+](=O)[O-])c2)C(=O)c2ccccc21. The van der Waals surface area contributed by atoms with Gasteiger partial charge in [-0.2, -0.15) is 0 Å². The summed E-state index contributed by atoms with van der Waals surface area (Å²) >= 11 is 0. The van der Waals surface area contributed by atoms with Gasteiger partial charge < -0.3 is 0 Å². The van der Waals surface area contributed by atoms with Gasteiger partial charge in [0.05, 0.1) is 4.92 Å². The summed E-state index contributed by atoms with van der Waals surface area (Å²) in [6.07, 6.45) is 2.39. The zero-order chi connectivity index (χ0) is 16.6. The minimum Gasteiger partial charge on any atom is -0.289 e. The van der Waals surface area contributed by atoms with Gasteiger partial charge in [0.25, 0.3) is 5.69 Å². The number of nitro groups is 1. The number of Topliss-reactive ketones (excluding diaryl/α,β-unsaturated/α-hetero) is 1. The molecular formula is C19H17NO3. The predicted octanol–water partition coefficient (Wildman–Crippen LogP) is 4.54. The summed E-state index contributed by atoms with van der Waals surface area (Å²) in [6.45, 7) is 4.22. The van der Waals surface area contributed by atoms with Crippen molar-refractivity contribution in [3.63, 3.8) is 0 Å². The smallest absolute Gasteiger partial charge is 0.270 e. The summed E-state index contributed by atoms with van der Waals surface area (Å²) in [5.74, 6) is 0.00595. The number of hydrogen-bond donors (Lipinski definition) is 0. The van der Waals surface area contributed by atoms with Gasteiger partial charge in [0.15, 0.2) is 5.78 Å². The Kier molecular flexibility index (Phi) is 3.60. The number of benzene rings is 2. The lowest BCUT2D eigenvalue weighted by Crippen LogP contribution is -2.29. The van der Waals surface area contributed by atoms with Gasteiger partial charge in [-0.25, -0.2) is 0 Å². The highest BCUT2D eigenvalue weighted by Crippen LogP contribution is 2.39. The third-order valence-corrected chi connectivity index (χ3v) is 4.25. The zero-order valence-electron chi connectivity index (χ0n) is 13.1. The van der Waals surface area contributed by atoms with Crippen LogP contribution >= 0.6 is 0 Å². The number of carbonyl (C=O) groups is 1. The van der Waals surface area contributed by atoms with Gasteiger partial charge >= 0.3 is 0 Å². The maximum Gasteiger partial charge on any atom is 0.270 e. The average molecular weight is 307 g/mol. The average Bonchev–Trinajstić information content (AvgIpc) is 2.52. The van der Waals surface area contributed by atoms with Gasteiger partial charge in [0, 0.05) is 23.3 Å². The molecule has 23 heavy (non-hydrogen) atoms. The Labute approximate surface area is 134 Å². The molecule has 0 saturated heterocycles. The number of nitro benzene ring substituents is 1. The number of rotatable bonds is 2. The molecule has 3 rings (SSSR count). The fraction of sp³-hybridized carbons (Fsp3) is 0.211. The van der Waals surface area contributed by atoms with Crippen molar-refractivity contribution < 1.29 is 9.72 Å². The quantitative estimate of drug-likeness (QED) is 0.465. The van der Waals surface area contributed by atoms with Gasteiger partial charge in [0.2, 0.25) is 0 Å². The number of nitrogens with zero attached hydrogens (tertiary/aromatic N) is 1. The molecule has 0 aliphatic heterocycles. The number of ketones is 1. The molecule has 0 unspecified atom stereocenters. The Morgan fingerprint density at radius 3 is 2.61 bits per heavy atom. The molecule has 0 amide bonds. The van der Waals surface area contributed by atoms with E-state index in [1.807, 2.05) is 24.3 Å². The second-order valence-electron chi connectivity index (χ2n) is 6.46. The van der Waals surface area contributed by atoms with Crippen molar-refractivity contribution in [3.05, 3.63) is 80.9 Å². The van der Waals surface area contributed by atoms with Crippen molar-refractivity contribution >= 4 is 17.5 Å². The number of allylic oxidation sites excluding steroid dienone is 1. The summed E-state index contributed by atoms with van der Waals surface area (Å²) in [5.41, 5.74) is 3.03. The molecule has 116 valence electrons. The molecule has 0 bridgehead atoms. The molecule has 0 heterocycles. The standard InChI is InChI=1S/C19H17NO3/c1-19(2)12-14(18(21)16-8-3-4-9-17(16)19)10-13-6-5-7-15(11-13)20(22)23/h3-11H,12H2,1-2H3/b14-10-. The second-order valence-corrected chi connectivity index (χ2v) is 6.46. The summed E-state index contributed by atoms with van der Waals surface area (Å²) in [5, 5.41) is 10.9. The lowest BCUT2D eigenvalue weighted by Gasteiger charge is -2.33. The highest BCUT2D eigenvalue weighted by atomic mass is 16.6. The third-order valence-electron chi connectivity index (χ3n) is 4.25. The Morgan fingerprint density at radius 1 is 1.13 bits per heavy atom. The molecule has 4 nitrogen and oxygen atoms in total. The van der Waals surface area contributed by atoms with E-state index in [9.17, 15) is 14.9 Å². The third kappa shape index (κ3) is 2.80. The first-order valence-electron chi connectivity index (χ1n) is 7.48. The largest absolute Gasteiger partial charge is 0.289 e. The van der Waals surface area contributed by atoms with Crippen LogP contribution in [0.1, 0.15) is 41.8 Å². The maximum atomic E-state index is 12.7. The predicted molar refractivity (Wildman–Crippen MR) is 89.5 cm³/mol. The van der Waals surface area contributed by atoms with E-state index in [1.54, 1.807) is 18.2 Å². The molecule has 0 N–H and O–H groups in total. The lowest BCUT2D eigenvalue weighted by molar-refractivity contribution is -0.384. The van der Waals surface area contributed by atoms with Gasteiger partial charge in [0.1, 0.15) is 0 Å². The van der Waals surface area contributed by atoms with Gasteiger partial charge in [-0.3, -0.25) is 14.9 Å². The topological polar surface area (TPSA) is 60.2 Å². The van der Waals surface area contributed by atoms with E-state index in [2.05, 4.69) is 13.8 Å². The summed E-state index contributed by atoms with van der Waals surface area (Å²) in [4.78, 5) is 23.2. The van der Waals surface area contributed by atoms with Gasteiger partial charge in [-0.1, -0.05) is 50.2 Å². The lowest BCUT2D eigenvalue weighted by atomic mass is 9.70. The van der Waals surface area contributed by atoms with Crippen LogP contribution in [-0.2, 0) is 5.41 Å². The van der Waals surface area contributed by atoms with Crippen molar-refractivity contribution in [3.8, 4) is 0 Å². The van der Waals surface area contributed by atoms with Gasteiger partial charge in [-0.15, -0.1) is 0 Å². The normalized spacial score (nSPS) is 17.8. The molecular weight excluding hydrogens is 290 g/mol. The first-order valence-corrected chi connectivity index (χ1v) is 7.48. The van der Waals surface area contributed by atoms with E-state index in [0.717, 1.165) is 11.1 Å². The molecule has 0 radical (unpaired) electrons. The molecule has 0 spiro atoms. The Morgan fingerprint density at radius 2 is 1.87 bits per heavy atom. The Hall–Kier alpha value is -2.75. The molecule has 2 aromatic rings. The van der Waals surface area contributed by atoms with Crippen LogP contribution in [-0.4, -0.2) is 10.7 Å². The van der Waals surface area contributed by atoms with E-state index in [1.165, 1.54) is 12.1 Å². The molecule has 2 aromatic carbocycles. The van der Waals surface area contributed by atoms with Crippen molar-refractivity contribution in [2.45, 2.75) is 25.7 Å². The number of fused-ring (bicyclic) bond motifs is 1. The number of hydrogen-bond acceptors (Lipinski definition) is 3. The van der Waals surface area contributed by atoms with Crippen LogP contribution in [0.2, 0.25) is 0 Å². The fourth-order valence-corrected chi connectivity index (χ4v) is 3.14. The summed E-state index contributed by atoms with van der Waals surface area (Å²) in [6, 6.07) is 14.0. The minimum absolute atomic E-state index is 0.00595. The maximum absolute atomic E-state index is 12.7. The Balaban J connectivity index is 2.06. The van der Waals surface area contributed by atoms with E-state index in [0.29, 0.717) is 17.6 Å².